The molecule has 0 saturated heterocycles. The average molecular weight is 484 g/mol. The van der Waals surface area contributed by atoms with Crippen LogP contribution in [0.4, 0.5) is 11.8 Å². The topological polar surface area (TPSA) is 80.8 Å². The van der Waals surface area contributed by atoms with Crippen LogP contribution in [0.2, 0.25) is 0 Å². The summed E-state index contributed by atoms with van der Waals surface area (Å²) in [5, 5.41) is 7.28. The molecule has 1 saturated carbocycles. The number of nitrogens with zero attached hydrogens (tertiary/aromatic N) is 3. The second-order valence-corrected chi connectivity index (χ2v) is 9.90. The molecule has 0 bridgehead atoms. The molecule has 4 rings (SSSR count). The van der Waals surface area contributed by atoms with Crippen LogP contribution in [0.1, 0.15) is 55.3 Å². The van der Waals surface area contributed by atoms with Gasteiger partial charge in [-0.3, -0.25) is 0 Å². The Morgan fingerprint density at radius 2 is 1.60 bits per heavy atom. The lowest BCUT2D eigenvalue weighted by molar-refractivity contribution is 0.320. The molecule has 8 nitrogen and oxygen atoms in total. The summed E-state index contributed by atoms with van der Waals surface area (Å²) in [7, 11) is 9.17. The van der Waals surface area contributed by atoms with E-state index in [-0.39, 0.29) is 0 Å². The first-order valence-electron chi connectivity index (χ1n) is 12.9. The van der Waals surface area contributed by atoms with Crippen LogP contribution in [-0.4, -0.2) is 58.0 Å². The van der Waals surface area contributed by atoms with Gasteiger partial charge in [0.2, 0.25) is 5.95 Å². The van der Waals surface area contributed by atoms with Crippen LogP contribution in [0, 0.1) is 5.92 Å². The third-order valence-electron chi connectivity index (χ3n) is 7.32. The van der Waals surface area contributed by atoms with Crippen molar-refractivity contribution in [3.05, 3.63) is 29.0 Å². The van der Waals surface area contributed by atoms with Crippen LogP contribution in [0.25, 0.3) is 0 Å². The summed E-state index contributed by atoms with van der Waals surface area (Å²) in [6.07, 6.45) is 9.27. The van der Waals surface area contributed by atoms with E-state index in [1.807, 2.05) is 12.1 Å². The van der Waals surface area contributed by atoms with Crippen molar-refractivity contribution >= 4 is 11.8 Å². The Bertz CT molecular complexity index is 964. The normalized spacial score (nSPS) is 19.6. The molecule has 2 aliphatic carbocycles. The number of anilines is 2. The number of fused-ring (bicyclic) bond motifs is 1. The lowest BCUT2D eigenvalue weighted by Crippen LogP contribution is -2.32. The zero-order chi connectivity index (χ0) is 24.8. The molecule has 2 aromatic rings. The van der Waals surface area contributed by atoms with Gasteiger partial charge in [0.25, 0.3) is 0 Å². The van der Waals surface area contributed by atoms with E-state index in [0.29, 0.717) is 18.5 Å². The Hall–Kier alpha value is -2.74. The molecule has 35 heavy (non-hydrogen) atoms. The second-order valence-electron chi connectivity index (χ2n) is 9.90. The van der Waals surface area contributed by atoms with Crippen molar-refractivity contribution in [2.45, 2.75) is 64.0 Å². The van der Waals surface area contributed by atoms with Gasteiger partial charge in [-0.15, -0.1) is 0 Å². The molecular formula is C27H41N5O3. The fourth-order valence-electron chi connectivity index (χ4n) is 5.36. The van der Waals surface area contributed by atoms with Crippen LogP contribution in [0.3, 0.4) is 0 Å². The monoisotopic (exact) mass is 483 g/mol. The van der Waals surface area contributed by atoms with E-state index in [1.54, 1.807) is 21.3 Å². The summed E-state index contributed by atoms with van der Waals surface area (Å²) in [5.74, 6) is 4.83. The minimum atomic E-state index is 0.435. The minimum Gasteiger partial charge on any atom is -0.496 e. The van der Waals surface area contributed by atoms with E-state index in [0.717, 1.165) is 66.8 Å². The Kier molecular flexibility index (Phi) is 8.55. The molecule has 2 N–H and O–H groups in total. The van der Waals surface area contributed by atoms with E-state index >= 15 is 0 Å². The van der Waals surface area contributed by atoms with Gasteiger partial charge in [-0.05, 0) is 63.8 Å². The molecular weight excluding hydrogens is 442 g/mol. The number of hydrogen-bond donors (Lipinski definition) is 2. The number of benzene rings is 1. The van der Waals surface area contributed by atoms with Gasteiger partial charge < -0.3 is 29.7 Å². The van der Waals surface area contributed by atoms with E-state index in [1.165, 1.54) is 36.9 Å². The summed E-state index contributed by atoms with van der Waals surface area (Å²) < 4.78 is 16.5. The number of nitrogens with one attached hydrogen (secondary N) is 2. The van der Waals surface area contributed by atoms with Crippen LogP contribution in [0.15, 0.2) is 12.1 Å². The smallest absolute Gasteiger partial charge is 0.225 e. The number of aryl methyl sites for hydroxylation is 1. The van der Waals surface area contributed by atoms with Gasteiger partial charge in [0.1, 0.15) is 23.1 Å². The van der Waals surface area contributed by atoms with Crippen molar-refractivity contribution in [3.63, 3.8) is 0 Å². The first kappa shape index (κ1) is 25.4. The highest BCUT2D eigenvalue weighted by Gasteiger charge is 2.24. The maximum Gasteiger partial charge on any atom is 0.225 e. The molecule has 0 atom stereocenters. The maximum absolute atomic E-state index is 5.58. The van der Waals surface area contributed by atoms with Gasteiger partial charge in [0, 0.05) is 44.4 Å². The molecule has 0 spiro atoms. The largest absolute Gasteiger partial charge is 0.496 e. The van der Waals surface area contributed by atoms with Gasteiger partial charge in [-0.1, -0.05) is 0 Å². The van der Waals surface area contributed by atoms with E-state index in [2.05, 4.69) is 29.6 Å². The van der Waals surface area contributed by atoms with Crippen molar-refractivity contribution in [1.82, 2.24) is 15.3 Å². The quantitative estimate of drug-likeness (QED) is 0.520. The number of aromatic nitrogens is 2. The fraction of sp³-hybridized carbons (Fsp3) is 0.630. The van der Waals surface area contributed by atoms with Gasteiger partial charge >= 0.3 is 0 Å². The summed E-state index contributed by atoms with van der Waals surface area (Å²) in [4.78, 5) is 11.9. The predicted octanol–water partition coefficient (Wildman–Crippen LogP) is 4.21. The molecule has 8 heteroatoms. The SMILES string of the molecule is COc1cc(OC)c(CNCC2CCC(Nc3nc4c(c(N(C)C)n3)CCCC4)CC2)c(OC)c1. The summed E-state index contributed by atoms with van der Waals surface area (Å²) in [5.41, 5.74) is 3.60. The zero-order valence-corrected chi connectivity index (χ0v) is 21.9. The van der Waals surface area contributed by atoms with Gasteiger partial charge in [-0.25, -0.2) is 4.98 Å². The van der Waals surface area contributed by atoms with E-state index in [4.69, 9.17) is 24.2 Å². The highest BCUT2D eigenvalue weighted by molar-refractivity contribution is 5.53. The number of methoxy groups -OCH3 is 3. The highest BCUT2D eigenvalue weighted by Crippen LogP contribution is 2.34. The molecule has 192 valence electrons. The predicted molar refractivity (Wildman–Crippen MR) is 140 cm³/mol. The van der Waals surface area contributed by atoms with Crippen molar-refractivity contribution < 1.29 is 14.2 Å². The van der Waals surface area contributed by atoms with Crippen LogP contribution >= 0.6 is 0 Å². The highest BCUT2D eigenvalue weighted by atomic mass is 16.5. The average Bonchev–Trinajstić information content (AvgIpc) is 2.88. The van der Waals surface area contributed by atoms with Crippen molar-refractivity contribution in [2.24, 2.45) is 5.92 Å². The van der Waals surface area contributed by atoms with Gasteiger partial charge in [0.05, 0.1) is 32.6 Å². The lowest BCUT2D eigenvalue weighted by atomic mass is 9.86. The first-order chi connectivity index (χ1) is 17.0. The molecule has 1 fully saturated rings. The van der Waals surface area contributed by atoms with Crippen molar-refractivity contribution in [1.29, 1.82) is 0 Å². The van der Waals surface area contributed by atoms with E-state index < -0.39 is 0 Å². The molecule has 1 aromatic heterocycles. The molecule has 0 amide bonds. The van der Waals surface area contributed by atoms with Gasteiger partial charge in [0.15, 0.2) is 0 Å². The van der Waals surface area contributed by atoms with Crippen molar-refractivity contribution in [2.75, 3.05) is 52.2 Å². The Morgan fingerprint density at radius 3 is 2.23 bits per heavy atom. The van der Waals surface area contributed by atoms with Crippen LogP contribution in [0.5, 0.6) is 17.2 Å². The van der Waals surface area contributed by atoms with Crippen LogP contribution < -0.4 is 29.7 Å². The maximum atomic E-state index is 5.58. The molecule has 1 aromatic carbocycles. The Labute approximate surface area is 209 Å². The number of hydrogen-bond acceptors (Lipinski definition) is 8. The minimum absolute atomic E-state index is 0.435. The third-order valence-corrected chi connectivity index (χ3v) is 7.32. The zero-order valence-electron chi connectivity index (χ0n) is 21.9. The standard InChI is InChI=1S/C27H41N5O3/c1-32(2)26-21-8-6-7-9-23(21)30-27(31-26)29-19-12-10-18(11-13-19)16-28-17-22-24(34-4)14-20(33-3)15-25(22)35-5/h14-15,18-19,28H,6-13,16-17H2,1-5H3,(H,29,30,31). The fourth-order valence-corrected chi connectivity index (χ4v) is 5.36. The first-order valence-corrected chi connectivity index (χ1v) is 12.9. The second kappa shape index (κ2) is 11.8. The van der Waals surface area contributed by atoms with Crippen LogP contribution in [-0.2, 0) is 19.4 Å². The molecule has 2 aliphatic rings. The number of ether oxygens (including phenoxy) is 3. The summed E-state index contributed by atoms with van der Waals surface area (Å²) in [6, 6.07) is 4.24. The molecule has 0 aliphatic heterocycles. The molecule has 0 unspecified atom stereocenters. The third kappa shape index (κ3) is 6.10. The molecule has 1 heterocycles. The summed E-state index contributed by atoms with van der Waals surface area (Å²) in [6.45, 7) is 1.68. The summed E-state index contributed by atoms with van der Waals surface area (Å²) >= 11 is 0. The Morgan fingerprint density at radius 1 is 0.914 bits per heavy atom. The number of rotatable bonds is 10. The van der Waals surface area contributed by atoms with Crippen molar-refractivity contribution in [3.8, 4) is 17.2 Å². The van der Waals surface area contributed by atoms with Gasteiger partial charge in [-0.2, -0.15) is 4.98 Å². The lowest BCUT2D eigenvalue weighted by Gasteiger charge is -2.30. The molecule has 0 radical (unpaired) electrons. The van der Waals surface area contributed by atoms with E-state index in [9.17, 15) is 0 Å². The Balaban J connectivity index is 1.29.